The van der Waals surface area contributed by atoms with Gasteiger partial charge in [0.1, 0.15) is 0 Å². The fourth-order valence-electron chi connectivity index (χ4n) is 2.23. The SMILES string of the molecule is COC(=O)c1cc(N2CC(C(=O)OC)CC2=O)ccc1Cl. The summed E-state index contributed by atoms with van der Waals surface area (Å²) >= 11 is 5.94. The van der Waals surface area contributed by atoms with Gasteiger partial charge >= 0.3 is 11.9 Å². The molecule has 1 heterocycles. The molecule has 1 unspecified atom stereocenters. The van der Waals surface area contributed by atoms with E-state index in [1.54, 1.807) is 6.07 Å². The number of hydrogen-bond donors (Lipinski definition) is 0. The van der Waals surface area contributed by atoms with E-state index in [2.05, 4.69) is 9.47 Å². The average molecular weight is 312 g/mol. The average Bonchev–Trinajstić information content (AvgIpc) is 2.88. The van der Waals surface area contributed by atoms with Crippen molar-refractivity contribution in [2.24, 2.45) is 5.92 Å². The summed E-state index contributed by atoms with van der Waals surface area (Å²) in [5.41, 5.74) is 0.669. The predicted molar refractivity (Wildman–Crippen MR) is 75.3 cm³/mol. The molecule has 1 fully saturated rings. The minimum absolute atomic E-state index is 0.0862. The molecule has 7 heteroatoms. The fourth-order valence-corrected chi connectivity index (χ4v) is 2.42. The topological polar surface area (TPSA) is 72.9 Å². The second-order valence-corrected chi connectivity index (χ2v) is 4.99. The highest BCUT2D eigenvalue weighted by Crippen LogP contribution is 2.29. The third-order valence-electron chi connectivity index (χ3n) is 3.33. The van der Waals surface area contributed by atoms with Crippen LogP contribution in [0.3, 0.4) is 0 Å². The highest BCUT2D eigenvalue weighted by atomic mass is 35.5. The van der Waals surface area contributed by atoms with E-state index in [4.69, 9.17) is 11.6 Å². The van der Waals surface area contributed by atoms with Crippen molar-refractivity contribution in [2.45, 2.75) is 6.42 Å². The number of halogens is 1. The van der Waals surface area contributed by atoms with Crippen LogP contribution in [0, 0.1) is 5.92 Å². The van der Waals surface area contributed by atoms with Gasteiger partial charge in [0.05, 0.1) is 30.7 Å². The molecule has 0 aliphatic carbocycles. The molecule has 0 spiro atoms. The van der Waals surface area contributed by atoms with E-state index in [0.29, 0.717) is 5.69 Å². The molecular formula is C14H14ClNO5. The lowest BCUT2D eigenvalue weighted by molar-refractivity contribution is -0.145. The van der Waals surface area contributed by atoms with Crippen LogP contribution in [0.2, 0.25) is 5.02 Å². The lowest BCUT2D eigenvalue weighted by Crippen LogP contribution is -2.26. The maximum Gasteiger partial charge on any atom is 0.339 e. The number of amides is 1. The molecule has 0 bridgehead atoms. The van der Waals surface area contributed by atoms with Crippen LogP contribution in [0.1, 0.15) is 16.8 Å². The fraction of sp³-hybridized carbons (Fsp3) is 0.357. The Bertz CT molecular complexity index is 601. The quantitative estimate of drug-likeness (QED) is 0.794. The number of carbonyl (C=O) groups is 3. The molecular weight excluding hydrogens is 298 g/mol. The molecule has 0 radical (unpaired) electrons. The number of rotatable bonds is 3. The van der Waals surface area contributed by atoms with Gasteiger partial charge in [-0.05, 0) is 18.2 Å². The van der Waals surface area contributed by atoms with Crippen LogP contribution in [0.5, 0.6) is 0 Å². The van der Waals surface area contributed by atoms with Gasteiger partial charge in [0.2, 0.25) is 5.91 Å². The monoisotopic (exact) mass is 311 g/mol. The van der Waals surface area contributed by atoms with E-state index in [1.807, 2.05) is 0 Å². The van der Waals surface area contributed by atoms with Crippen LogP contribution in [-0.2, 0) is 19.1 Å². The van der Waals surface area contributed by atoms with Crippen molar-refractivity contribution in [3.63, 3.8) is 0 Å². The Morgan fingerprint density at radius 2 is 2.00 bits per heavy atom. The largest absolute Gasteiger partial charge is 0.469 e. The van der Waals surface area contributed by atoms with Crippen molar-refractivity contribution in [1.29, 1.82) is 0 Å². The van der Waals surface area contributed by atoms with Crippen LogP contribution < -0.4 is 4.90 Å². The number of methoxy groups -OCH3 is 2. The van der Waals surface area contributed by atoms with Crippen molar-refractivity contribution in [1.82, 2.24) is 0 Å². The van der Waals surface area contributed by atoms with Gasteiger partial charge in [-0.25, -0.2) is 4.79 Å². The lowest BCUT2D eigenvalue weighted by atomic mass is 10.1. The van der Waals surface area contributed by atoms with Gasteiger partial charge in [0, 0.05) is 18.7 Å². The zero-order valence-electron chi connectivity index (χ0n) is 11.6. The van der Waals surface area contributed by atoms with Crippen molar-refractivity contribution in [3.05, 3.63) is 28.8 Å². The highest BCUT2D eigenvalue weighted by molar-refractivity contribution is 6.33. The van der Waals surface area contributed by atoms with E-state index in [9.17, 15) is 14.4 Å². The minimum Gasteiger partial charge on any atom is -0.469 e. The Hall–Kier alpha value is -2.08. The molecule has 1 aromatic rings. The Labute approximate surface area is 126 Å². The van der Waals surface area contributed by atoms with Crippen molar-refractivity contribution >= 4 is 35.1 Å². The Morgan fingerprint density at radius 1 is 1.29 bits per heavy atom. The number of nitrogens with zero attached hydrogens (tertiary/aromatic N) is 1. The molecule has 0 aromatic heterocycles. The summed E-state index contributed by atoms with van der Waals surface area (Å²) in [6.45, 7) is 0.216. The first-order valence-electron chi connectivity index (χ1n) is 6.24. The second kappa shape index (κ2) is 6.13. The molecule has 0 saturated carbocycles. The summed E-state index contributed by atoms with van der Waals surface area (Å²) in [4.78, 5) is 36.6. The van der Waals surface area contributed by atoms with E-state index in [0.717, 1.165) is 0 Å². The third kappa shape index (κ3) is 3.00. The van der Waals surface area contributed by atoms with Gasteiger partial charge in [-0.1, -0.05) is 11.6 Å². The number of carbonyl (C=O) groups excluding carboxylic acids is 3. The first-order chi connectivity index (χ1) is 9.97. The molecule has 1 amide bonds. The first-order valence-corrected chi connectivity index (χ1v) is 6.61. The maximum atomic E-state index is 12.0. The first kappa shape index (κ1) is 15.3. The smallest absolute Gasteiger partial charge is 0.339 e. The van der Waals surface area contributed by atoms with Gasteiger partial charge in [-0.2, -0.15) is 0 Å². The number of esters is 2. The summed E-state index contributed by atoms with van der Waals surface area (Å²) in [7, 11) is 2.53. The minimum atomic E-state index is -0.585. The zero-order valence-corrected chi connectivity index (χ0v) is 12.3. The Kier molecular flexibility index (Phi) is 4.47. The molecule has 0 N–H and O–H groups in total. The van der Waals surface area contributed by atoms with Crippen molar-refractivity contribution in [2.75, 3.05) is 25.7 Å². The lowest BCUT2D eigenvalue weighted by Gasteiger charge is -2.17. The molecule has 2 rings (SSSR count). The molecule has 112 valence electrons. The number of ether oxygens (including phenoxy) is 2. The van der Waals surface area contributed by atoms with Gasteiger partial charge in [-0.15, -0.1) is 0 Å². The molecule has 1 atom stereocenters. The standard InChI is InChI=1S/C14H14ClNO5/c1-20-13(18)8-5-12(17)16(7-8)9-3-4-11(15)10(6-9)14(19)21-2/h3-4,6,8H,5,7H2,1-2H3. The number of benzene rings is 1. The summed E-state index contributed by atoms with van der Waals surface area (Å²) in [6.07, 6.45) is 0.0862. The second-order valence-electron chi connectivity index (χ2n) is 4.58. The Balaban J connectivity index is 2.28. The van der Waals surface area contributed by atoms with Crippen LogP contribution in [0.4, 0.5) is 5.69 Å². The van der Waals surface area contributed by atoms with Crippen LogP contribution in [0.15, 0.2) is 18.2 Å². The van der Waals surface area contributed by atoms with Crippen LogP contribution in [0.25, 0.3) is 0 Å². The van der Waals surface area contributed by atoms with Crippen molar-refractivity contribution in [3.8, 4) is 0 Å². The normalized spacial score (nSPS) is 17.8. The van der Waals surface area contributed by atoms with Gasteiger partial charge in [0.15, 0.2) is 0 Å². The van der Waals surface area contributed by atoms with Gasteiger partial charge in [0.25, 0.3) is 0 Å². The molecule has 21 heavy (non-hydrogen) atoms. The van der Waals surface area contributed by atoms with E-state index >= 15 is 0 Å². The molecule has 6 nitrogen and oxygen atoms in total. The Morgan fingerprint density at radius 3 is 2.62 bits per heavy atom. The highest BCUT2D eigenvalue weighted by Gasteiger charge is 2.36. The maximum absolute atomic E-state index is 12.0. The summed E-state index contributed by atoms with van der Waals surface area (Å²) < 4.78 is 9.29. The van der Waals surface area contributed by atoms with Crippen molar-refractivity contribution < 1.29 is 23.9 Å². The van der Waals surface area contributed by atoms with Gasteiger partial charge < -0.3 is 14.4 Å². The van der Waals surface area contributed by atoms with Crippen LogP contribution >= 0.6 is 11.6 Å². The zero-order chi connectivity index (χ0) is 15.6. The van der Waals surface area contributed by atoms with E-state index < -0.39 is 17.9 Å². The van der Waals surface area contributed by atoms with E-state index in [1.165, 1.54) is 31.3 Å². The summed E-state index contributed by atoms with van der Waals surface area (Å²) in [6, 6.07) is 4.61. The molecule has 1 aliphatic heterocycles. The third-order valence-corrected chi connectivity index (χ3v) is 3.66. The summed E-state index contributed by atoms with van der Waals surface area (Å²) in [5, 5.41) is 0.238. The molecule has 1 saturated heterocycles. The van der Waals surface area contributed by atoms with Gasteiger partial charge in [-0.3, -0.25) is 9.59 Å². The van der Waals surface area contributed by atoms with Crippen LogP contribution in [-0.4, -0.2) is 38.6 Å². The molecule has 1 aromatic carbocycles. The summed E-state index contributed by atoms with van der Waals surface area (Å²) in [5.74, 6) is -1.71. The molecule has 1 aliphatic rings. The number of hydrogen-bond acceptors (Lipinski definition) is 5. The number of anilines is 1. The van der Waals surface area contributed by atoms with E-state index in [-0.39, 0.29) is 29.5 Å². The predicted octanol–water partition coefficient (Wildman–Crippen LogP) is 1.65.